The monoisotopic (exact) mass is 425 g/mol. The molecule has 7 nitrogen and oxygen atoms in total. The van der Waals surface area contributed by atoms with Crippen molar-refractivity contribution >= 4 is 35.6 Å². The van der Waals surface area contributed by atoms with Crippen molar-refractivity contribution < 1.29 is 14.5 Å². The highest BCUT2D eigenvalue weighted by Crippen LogP contribution is 2.39. The van der Waals surface area contributed by atoms with Crippen molar-refractivity contribution in [3.63, 3.8) is 0 Å². The summed E-state index contributed by atoms with van der Waals surface area (Å²) in [5.41, 5.74) is 5.66. The summed E-state index contributed by atoms with van der Waals surface area (Å²) in [6.07, 6.45) is 2.14. The van der Waals surface area contributed by atoms with Gasteiger partial charge in [-0.25, -0.2) is 0 Å². The van der Waals surface area contributed by atoms with Crippen LogP contribution in [-0.2, 0) is 0 Å². The lowest BCUT2D eigenvalue weighted by Gasteiger charge is -2.29. The number of nitrogens with one attached hydrogen (secondary N) is 1. The second-order valence-corrected chi connectivity index (χ2v) is 7.28. The number of nitrogens with zero attached hydrogens (tertiary/aromatic N) is 1. The predicted molar refractivity (Wildman–Crippen MR) is 110 cm³/mol. The van der Waals surface area contributed by atoms with Crippen molar-refractivity contribution in [2.75, 3.05) is 6.54 Å². The zero-order valence-electron chi connectivity index (χ0n) is 15.2. The first-order valence-electron chi connectivity index (χ1n) is 8.57. The van der Waals surface area contributed by atoms with E-state index in [1.54, 1.807) is 24.3 Å². The van der Waals surface area contributed by atoms with Gasteiger partial charge in [0.15, 0.2) is 0 Å². The predicted octanol–water partition coefficient (Wildman–Crippen LogP) is 4.32. The number of ether oxygens (including phenoxy) is 1. The zero-order valence-corrected chi connectivity index (χ0v) is 16.8. The van der Waals surface area contributed by atoms with Crippen molar-refractivity contribution in [2.24, 2.45) is 11.7 Å². The molecule has 1 unspecified atom stereocenters. The summed E-state index contributed by atoms with van der Waals surface area (Å²) in [5.74, 6) is 0.658. The lowest BCUT2D eigenvalue weighted by Crippen LogP contribution is -2.53. The molecule has 3 rings (SSSR count). The molecule has 150 valence electrons. The van der Waals surface area contributed by atoms with Crippen LogP contribution in [0.2, 0.25) is 5.02 Å². The molecule has 0 saturated heterocycles. The van der Waals surface area contributed by atoms with Crippen LogP contribution in [0.25, 0.3) is 0 Å². The number of hydrogen-bond acceptors (Lipinski definition) is 5. The van der Waals surface area contributed by atoms with E-state index in [2.05, 4.69) is 5.32 Å². The Balaban J connectivity index is 0.00000280. The van der Waals surface area contributed by atoms with E-state index in [4.69, 9.17) is 22.1 Å². The third-order valence-corrected chi connectivity index (χ3v) is 5.00. The molecule has 2 aromatic carbocycles. The molecule has 0 aliphatic heterocycles. The molecule has 1 aliphatic rings. The van der Waals surface area contributed by atoms with Gasteiger partial charge in [0.1, 0.15) is 5.75 Å². The summed E-state index contributed by atoms with van der Waals surface area (Å²) in [5, 5.41) is 14.4. The summed E-state index contributed by atoms with van der Waals surface area (Å²) < 4.78 is 5.58. The first-order valence-corrected chi connectivity index (χ1v) is 8.94. The largest absolute Gasteiger partial charge is 0.450 e. The molecule has 0 bridgehead atoms. The van der Waals surface area contributed by atoms with Crippen LogP contribution in [0.15, 0.2) is 42.5 Å². The number of rotatable bonds is 7. The maximum Gasteiger partial charge on any atom is 0.313 e. The number of nitrogens with two attached hydrogens (primary N) is 1. The Morgan fingerprint density at radius 3 is 2.50 bits per heavy atom. The average Bonchev–Trinajstić information content (AvgIpc) is 3.49. The lowest BCUT2D eigenvalue weighted by molar-refractivity contribution is -0.385. The average molecular weight is 426 g/mol. The van der Waals surface area contributed by atoms with Gasteiger partial charge in [0.05, 0.1) is 10.5 Å². The third kappa shape index (κ3) is 4.92. The Morgan fingerprint density at radius 2 is 1.96 bits per heavy atom. The SMILES string of the molecule is CC(CN)(NC(=O)c1ccc(Oc2ccc(Cl)cc2[N+](=O)[O-])cc1)C1CC1.Cl. The number of benzene rings is 2. The summed E-state index contributed by atoms with van der Waals surface area (Å²) in [6, 6.07) is 10.6. The highest BCUT2D eigenvalue weighted by atomic mass is 35.5. The van der Waals surface area contributed by atoms with Gasteiger partial charge in [-0.3, -0.25) is 14.9 Å². The Kier molecular flexibility index (Phi) is 6.87. The number of hydrogen-bond donors (Lipinski definition) is 2. The van der Waals surface area contributed by atoms with Crippen LogP contribution in [0.5, 0.6) is 11.5 Å². The zero-order chi connectivity index (χ0) is 19.6. The van der Waals surface area contributed by atoms with E-state index in [-0.39, 0.29) is 34.8 Å². The van der Waals surface area contributed by atoms with Crippen molar-refractivity contribution in [1.29, 1.82) is 0 Å². The molecule has 0 heterocycles. The van der Waals surface area contributed by atoms with Crippen molar-refractivity contribution in [1.82, 2.24) is 5.32 Å². The highest BCUT2D eigenvalue weighted by molar-refractivity contribution is 6.30. The van der Waals surface area contributed by atoms with E-state index in [9.17, 15) is 14.9 Å². The number of carbonyl (C=O) groups is 1. The summed E-state index contributed by atoms with van der Waals surface area (Å²) in [6.45, 7) is 2.34. The minimum absolute atomic E-state index is 0. The minimum atomic E-state index is -0.561. The van der Waals surface area contributed by atoms with Gasteiger partial charge in [-0.15, -0.1) is 12.4 Å². The Labute approximate surface area is 173 Å². The number of halogens is 2. The fourth-order valence-electron chi connectivity index (χ4n) is 2.89. The molecular formula is C19H21Cl2N3O4. The summed E-state index contributed by atoms with van der Waals surface area (Å²) in [4.78, 5) is 23.1. The van der Waals surface area contributed by atoms with Crippen molar-refractivity contribution in [3.05, 3.63) is 63.2 Å². The number of nitro benzene ring substituents is 1. The molecule has 0 aromatic heterocycles. The van der Waals surface area contributed by atoms with Gasteiger partial charge in [0, 0.05) is 23.2 Å². The van der Waals surface area contributed by atoms with Crippen LogP contribution in [0, 0.1) is 16.0 Å². The van der Waals surface area contributed by atoms with E-state index < -0.39 is 10.5 Å². The van der Waals surface area contributed by atoms with Crippen LogP contribution in [-0.4, -0.2) is 22.9 Å². The third-order valence-electron chi connectivity index (χ3n) is 4.76. The van der Waals surface area contributed by atoms with E-state index in [1.807, 2.05) is 6.92 Å². The van der Waals surface area contributed by atoms with Gasteiger partial charge in [0.2, 0.25) is 5.75 Å². The van der Waals surface area contributed by atoms with Crippen LogP contribution >= 0.6 is 24.0 Å². The minimum Gasteiger partial charge on any atom is -0.450 e. The van der Waals surface area contributed by atoms with Gasteiger partial charge in [-0.05, 0) is 62.1 Å². The normalized spacial score (nSPS) is 15.1. The molecule has 28 heavy (non-hydrogen) atoms. The maximum atomic E-state index is 12.5. The molecule has 1 amide bonds. The fourth-order valence-corrected chi connectivity index (χ4v) is 3.06. The van der Waals surface area contributed by atoms with Crippen molar-refractivity contribution in [3.8, 4) is 11.5 Å². The van der Waals surface area contributed by atoms with Crippen LogP contribution in [0.1, 0.15) is 30.1 Å². The van der Waals surface area contributed by atoms with Gasteiger partial charge in [-0.1, -0.05) is 11.6 Å². The topological polar surface area (TPSA) is 107 Å². The number of carbonyl (C=O) groups excluding carboxylic acids is 1. The Morgan fingerprint density at radius 1 is 1.32 bits per heavy atom. The molecule has 2 aromatic rings. The van der Waals surface area contributed by atoms with E-state index in [0.29, 0.717) is 23.8 Å². The van der Waals surface area contributed by atoms with Gasteiger partial charge in [-0.2, -0.15) is 0 Å². The van der Waals surface area contributed by atoms with Crippen LogP contribution in [0.3, 0.4) is 0 Å². The Bertz CT molecular complexity index is 872. The molecule has 3 N–H and O–H groups in total. The van der Waals surface area contributed by atoms with Crippen LogP contribution in [0.4, 0.5) is 5.69 Å². The maximum absolute atomic E-state index is 12.5. The summed E-state index contributed by atoms with van der Waals surface area (Å²) in [7, 11) is 0. The fraction of sp³-hybridized carbons (Fsp3) is 0.316. The second kappa shape index (κ2) is 8.77. The van der Waals surface area contributed by atoms with Crippen LogP contribution < -0.4 is 15.8 Å². The van der Waals surface area contributed by atoms with E-state index in [0.717, 1.165) is 12.8 Å². The molecule has 0 spiro atoms. The Hall–Kier alpha value is -2.35. The second-order valence-electron chi connectivity index (χ2n) is 6.85. The number of nitro groups is 1. The highest BCUT2D eigenvalue weighted by Gasteiger charge is 2.41. The lowest BCUT2D eigenvalue weighted by atomic mass is 9.95. The molecule has 1 fully saturated rings. The molecule has 9 heteroatoms. The first kappa shape index (κ1) is 21.9. The molecule has 1 aliphatic carbocycles. The quantitative estimate of drug-likeness (QED) is 0.507. The standard InChI is InChI=1S/C19H20ClN3O4.ClH/c1-19(11-21,13-4-5-13)22-18(24)12-2-7-15(8-3-12)27-17-9-6-14(20)10-16(17)23(25)26;/h2-3,6-10,13H,4-5,11,21H2,1H3,(H,22,24);1H. The van der Waals surface area contributed by atoms with Crippen molar-refractivity contribution in [2.45, 2.75) is 25.3 Å². The molecule has 0 radical (unpaired) electrons. The van der Waals surface area contributed by atoms with Gasteiger partial charge in [0.25, 0.3) is 5.91 Å². The van der Waals surface area contributed by atoms with E-state index in [1.165, 1.54) is 18.2 Å². The van der Waals surface area contributed by atoms with Gasteiger partial charge < -0.3 is 15.8 Å². The smallest absolute Gasteiger partial charge is 0.313 e. The molecule has 1 saturated carbocycles. The summed E-state index contributed by atoms with van der Waals surface area (Å²) >= 11 is 5.80. The molecular weight excluding hydrogens is 405 g/mol. The van der Waals surface area contributed by atoms with E-state index >= 15 is 0 Å². The van der Waals surface area contributed by atoms with Gasteiger partial charge >= 0.3 is 5.69 Å². The molecule has 1 atom stereocenters. The number of amides is 1. The first-order chi connectivity index (χ1) is 12.8.